The lowest BCUT2D eigenvalue weighted by molar-refractivity contribution is -0.143. The molecule has 1 aromatic heterocycles. The number of carbonyl (C=O) groups is 2. The standard InChI is InChI=1S/C13H18N2O4/c1-3-10-11(14-7-19-10)12(16)15-5-8(2)4-9(6-15)13(17)18/h7-9H,3-6H2,1-2H3,(H,17,18). The Morgan fingerprint density at radius 2 is 2.26 bits per heavy atom. The van der Waals surface area contributed by atoms with Gasteiger partial charge in [-0.1, -0.05) is 13.8 Å². The van der Waals surface area contributed by atoms with Crippen LogP contribution >= 0.6 is 0 Å². The van der Waals surface area contributed by atoms with Gasteiger partial charge in [0.1, 0.15) is 5.76 Å². The van der Waals surface area contributed by atoms with Crippen LogP contribution < -0.4 is 0 Å². The fourth-order valence-electron chi connectivity index (χ4n) is 2.54. The van der Waals surface area contributed by atoms with Crippen LogP contribution in [-0.4, -0.2) is 40.0 Å². The van der Waals surface area contributed by atoms with Crippen molar-refractivity contribution in [1.82, 2.24) is 9.88 Å². The number of carboxylic acids is 1. The predicted molar refractivity (Wildman–Crippen MR) is 66.7 cm³/mol. The van der Waals surface area contributed by atoms with Gasteiger partial charge in [0.05, 0.1) is 5.92 Å². The van der Waals surface area contributed by atoms with Crippen molar-refractivity contribution in [3.63, 3.8) is 0 Å². The maximum atomic E-state index is 12.4. The van der Waals surface area contributed by atoms with E-state index in [1.54, 1.807) is 4.90 Å². The molecular formula is C13H18N2O4. The van der Waals surface area contributed by atoms with E-state index < -0.39 is 11.9 Å². The molecule has 2 unspecified atom stereocenters. The van der Waals surface area contributed by atoms with Crippen LogP contribution in [-0.2, 0) is 11.2 Å². The Kier molecular flexibility index (Phi) is 3.87. The molecule has 0 radical (unpaired) electrons. The predicted octanol–water partition coefficient (Wildman–Crippen LogP) is 1.42. The summed E-state index contributed by atoms with van der Waals surface area (Å²) in [6.07, 6.45) is 2.46. The molecule has 0 spiro atoms. The van der Waals surface area contributed by atoms with Crippen molar-refractivity contribution in [2.75, 3.05) is 13.1 Å². The zero-order chi connectivity index (χ0) is 14.0. The molecular weight excluding hydrogens is 248 g/mol. The van der Waals surface area contributed by atoms with Crippen LogP contribution in [0.1, 0.15) is 36.5 Å². The quantitative estimate of drug-likeness (QED) is 0.894. The molecule has 2 heterocycles. The van der Waals surface area contributed by atoms with E-state index in [2.05, 4.69) is 4.98 Å². The first kappa shape index (κ1) is 13.6. The maximum absolute atomic E-state index is 12.4. The Bertz CT molecular complexity index is 483. The molecule has 1 aliphatic heterocycles. The number of carbonyl (C=O) groups excluding carboxylic acids is 1. The Morgan fingerprint density at radius 3 is 2.89 bits per heavy atom. The summed E-state index contributed by atoms with van der Waals surface area (Å²) in [7, 11) is 0. The van der Waals surface area contributed by atoms with Crippen molar-refractivity contribution in [2.24, 2.45) is 11.8 Å². The van der Waals surface area contributed by atoms with Gasteiger partial charge in [-0.25, -0.2) is 4.98 Å². The Balaban J connectivity index is 2.16. The number of hydrogen-bond donors (Lipinski definition) is 1. The van der Waals surface area contributed by atoms with Crippen LogP contribution in [0.5, 0.6) is 0 Å². The van der Waals surface area contributed by atoms with Crippen LogP contribution in [0.3, 0.4) is 0 Å². The van der Waals surface area contributed by atoms with E-state index in [4.69, 9.17) is 9.52 Å². The number of aryl methyl sites for hydroxylation is 1. The number of rotatable bonds is 3. The lowest BCUT2D eigenvalue weighted by Gasteiger charge is -2.34. The third kappa shape index (κ3) is 2.77. The maximum Gasteiger partial charge on any atom is 0.308 e. The SMILES string of the molecule is CCc1ocnc1C(=O)N1CC(C)CC(C(=O)O)C1. The van der Waals surface area contributed by atoms with Gasteiger partial charge >= 0.3 is 5.97 Å². The molecule has 1 aliphatic rings. The third-order valence-electron chi connectivity index (χ3n) is 3.46. The monoisotopic (exact) mass is 266 g/mol. The van der Waals surface area contributed by atoms with E-state index in [-0.39, 0.29) is 18.4 Å². The molecule has 0 aromatic carbocycles. The second-order valence-corrected chi connectivity index (χ2v) is 5.06. The average molecular weight is 266 g/mol. The fraction of sp³-hybridized carbons (Fsp3) is 0.615. The number of nitrogens with zero attached hydrogens (tertiary/aromatic N) is 2. The number of aromatic nitrogens is 1. The van der Waals surface area contributed by atoms with E-state index in [0.717, 1.165) is 0 Å². The highest BCUT2D eigenvalue weighted by molar-refractivity contribution is 5.93. The number of likely N-dealkylation sites (tertiary alicyclic amines) is 1. The van der Waals surface area contributed by atoms with Gasteiger partial charge in [0, 0.05) is 19.5 Å². The summed E-state index contributed by atoms with van der Waals surface area (Å²) in [5, 5.41) is 9.11. The second-order valence-electron chi connectivity index (χ2n) is 5.06. The minimum atomic E-state index is -0.847. The molecule has 1 fully saturated rings. The van der Waals surface area contributed by atoms with Crippen molar-refractivity contribution in [3.8, 4) is 0 Å². The van der Waals surface area contributed by atoms with E-state index in [1.165, 1.54) is 6.39 Å². The molecule has 1 N–H and O–H groups in total. The number of carboxylic acid groups (broad SMARTS) is 1. The lowest BCUT2D eigenvalue weighted by atomic mass is 9.90. The molecule has 0 aliphatic carbocycles. The third-order valence-corrected chi connectivity index (χ3v) is 3.46. The minimum absolute atomic E-state index is 0.177. The zero-order valence-electron chi connectivity index (χ0n) is 11.1. The van der Waals surface area contributed by atoms with Crippen molar-refractivity contribution < 1.29 is 19.1 Å². The number of amides is 1. The number of oxazole rings is 1. The van der Waals surface area contributed by atoms with E-state index in [0.29, 0.717) is 30.8 Å². The van der Waals surface area contributed by atoms with E-state index in [1.807, 2.05) is 13.8 Å². The molecule has 1 aromatic rings. The van der Waals surface area contributed by atoms with Crippen LogP contribution in [0.25, 0.3) is 0 Å². The van der Waals surface area contributed by atoms with E-state index >= 15 is 0 Å². The van der Waals surface area contributed by atoms with E-state index in [9.17, 15) is 9.59 Å². The molecule has 0 saturated carbocycles. The summed E-state index contributed by atoms with van der Waals surface area (Å²) < 4.78 is 5.15. The summed E-state index contributed by atoms with van der Waals surface area (Å²) in [6, 6.07) is 0. The second kappa shape index (κ2) is 5.42. The minimum Gasteiger partial charge on any atom is -0.481 e. The molecule has 2 rings (SSSR count). The van der Waals surface area contributed by atoms with Gasteiger partial charge in [-0.2, -0.15) is 0 Å². The first-order chi connectivity index (χ1) is 9.02. The highest BCUT2D eigenvalue weighted by Crippen LogP contribution is 2.23. The number of aliphatic carboxylic acids is 1. The first-order valence-electron chi connectivity index (χ1n) is 6.47. The zero-order valence-corrected chi connectivity index (χ0v) is 11.1. The summed E-state index contributed by atoms with van der Waals surface area (Å²) in [6.45, 7) is 4.65. The van der Waals surface area contributed by atoms with Gasteiger partial charge in [0.2, 0.25) is 0 Å². The highest BCUT2D eigenvalue weighted by atomic mass is 16.4. The topological polar surface area (TPSA) is 83.6 Å². The Morgan fingerprint density at radius 1 is 1.53 bits per heavy atom. The van der Waals surface area contributed by atoms with Crippen LogP contribution in [0.4, 0.5) is 0 Å². The Labute approximate surface area is 111 Å². The molecule has 1 amide bonds. The van der Waals surface area contributed by atoms with Crippen molar-refractivity contribution in [1.29, 1.82) is 0 Å². The molecule has 0 bridgehead atoms. The Hall–Kier alpha value is -1.85. The number of hydrogen-bond acceptors (Lipinski definition) is 4. The van der Waals surface area contributed by atoms with Gasteiger partial charge < -0.3 is 14.4 Å². The van der Waals surface area contributed by atoms with Gasteiger partial charge in [0.25, 0.3) is 5.91 Å². The van der Waals surface area contributed by atoms with Gasteiger partial charge in [-0.3, -0.25) is 9.59 Å². The fourth-order valence-corrected chi connectivity index (χ4v) is 2.54. The van der Waals surface area contributed by atoms with Crippen LogP contribution in [0.15, 0.2) is 10.8 Å². The average Bonchev–Trinajstić information content (AvgIpc) is 2.85. The van der Waals surface area contributed by atoms with Gasteiger partial charge in [-0.05, 0) is 12.3 Å². The van der Waals surface area contributed by atoms with Crippen LogP contribution in [0.2, 0.25) is 0 Å². The molecule has 1 saturated heterocycles. The smallest absolute Gasteiger partial charge is 0.308 e. The van der Waals surface area contributed by atoms with Crippen molar-refractivity contribution in [2.45, 2.75) is 26.7 Å². The number of piperidine rings is 1. The van der Waals surface area contributed by atoms with Crippen molar-refractivity contribution in [3.05, 3.63) is 17.8 Å². The molecule has 104 valence electrons. The normalized spacial score (nSPS) is 23.4. The first-order valence-corrected chi connectivity index (χ1v) is 6.47. The molecule has 2 atom stereocenters. The van der Waals surface area contributed by atoms with Crippen LogP contribution in [0, 0.1) is 11.8 Å². The van der Waals surface area contributed by atoms with Crippen molar-refractivity contribution >= 4 is 11.9 Å². The summed E-state index contributed by atoms with van der Waals surface area (Å²) in [4.78, 5) is 29.0. The summed E-state index contributed by atoms with van der Waals surface area (Å²) in [5.41, 5.74) is 0.306. The lowest BCUT2D eigenvalue weighted by Crippen LogP contribution is -2.45. The summed E-state index contributed by atoms with van der Waals surface area (Å²) in [5.74, 6) is -0.848. The molecule has 6 nitrogen and oxygen atoms in total. The highest BCUT2D eigenvalue weighted by Gasteiger charge is 2.33. The molecule has 19 heavy (non-hydrogen) atoms. The van der Waals surface area contributed by atoms with Gasteiger partial charge in [0.15, 0.2) is 12.1 Å². The largest absolute Gasteiger partial charge is 0.481 e. The summed E-state index contributed by atoms with van der Waals surface area (Å²) >= 11 is 0. The van der Waals surface area contributed by atoms with Gasteiger partial charge in [-0.15, -0.1) is 0 Å². The molecule has 6 heteroatoms.